The van der Waals surface area contributed by atoms with Gasteiger partial charge in [-0.1, -0.05) is 41.9 Å². The highest BCUT2D eigenvalue weighted by atomic mass is 127. The van der Waals surface area contributed by atoms with Crippen molar-refractivity contribution in [3.05, 3.63) is 205 Å². The maximum Gasteiger partial charge on any atom is 0.272 e. The number of fused-ring (bicyclic) bond motifs is 1. The van der Waals surface area contributed by atoms with E-state index in [1.807, 2.05) is 12.1 Å². The Bertz CT molecular complexity index is 3660. The Morgan fingerprint density at radius 2 is 1.18 bits per heavy atom. The van der Waals surface area contributed by atoms with Crippen LogP contribution in [-0.4, -0.2) is 96.2 Å². The fraction of sp³-hybridized carbons (Fsp3) is 0.0189. The number of hydrogen-bond donors (Lipinski definition) is 11. The maximum absolute atomic E-state index is 13.0. The second-order valence-electron chi connectivity index (χ2n) is 15.6. The summed E-state index contributed by atoms with van der Waals surface area (Å²) in [6.07, 6.45) is 5.42. The SMILES string of the molecule is N/C(=N\N=C\c1ccc(O)c(O)c1)c1nonc1N.O=C(N/N=C/c1ccc(O)c(O)c1)c1cccc(Cl)c1.O=C(N/N=C/c1ccc2c(c1)OCO2)c1cccc(F)c1.O=C(N/N=C/c1cccc(O)c1O)c1ccccc1I. The minimum absolute atomic E-state index is 0.0127. The molecule has 13 N–H and O–H groups in total. The average Bonchev–Trinajstić information content (AvgIpc) is 4.12. The molecule has 0 aliphatic carbocycles. The maximum atomic E-state index is 13.0. The van der Waals surface area contributed by atoms with Gasteiger partial charge in [0, 0.05) is 25.3 Å². The van der Waals surface area contributed by atoms with Crippen LogP contribution >= 0.6 is 34.2 Å². The first kappa shape index (κ1) is 58.6. The zero-order chi connectivity index (χ0) is 57.6. The number of aromatic hydroxyl groups is 6. The lowest BCUT2D eigenvalue weighted by Crippen LogP contribution is -2.18. The summed E-state index contributed by atoms with van der Waals surface area (Å²) >= 11 is 7.84. The number of nitrogens with one attached hydrogen (secondary N) is 3. The topological polar surface area (TPSA) is 380 Å². The second-order valence-corrected chi connectivity index (χ2v) is 17.2. The minimum atomic E-state index is -0.480. The van der Waals surface area contributed by atoms with E-state index in [0.717, 1.165) is 15.2 Å². The van der Waals surface area contributed by atoms with Gasteiger partial charge in [-0.3, -0.25) is 14.4 Å². The number of phenolic OH excluding ortho intramolecular Hbond substituents is 6. The molecule has 0 fully saturated rings. The highest BCUT2D eigenvalue weighted by Gasteiger charge is 2.14. The predicted octanol–water partition coefficient (Wildman–Crippen LogP) is 7.10. The number of nitrogens with zero attached hydrogens (tertiary/aromatic N) is 7. The van der Waals surface area contributed by atoms with Crippen LogP contribution in [0.4, 0.5) is 10.2 Å². The molecule has 3 amide bonds. The quantitative estimate of drug-likeness (QED) is 0.0191. The van der Waals surface area contributed by atoms with Crippen LogP contribution in [0, 0.1) is 9.39 Å². The zero-order valence-electron chi connectivity index (χ0n) is 40.9. The highest BCUT2D eigenvalue weighted by molar-refractivity contribution is 14.1. The van der Waals surface area contributed by atoms with Crippen LogP contribution in [-0.2, 0) is 0 Å². The van der Waals surface area contributed by atoms with Crippen LogP contribution in [0.2, 0.25) is 5.02 Å². The van der Waals surface area contributed by atoms with E-state index in [4.69, 9.17) is 42.8 Å². The van der Waals surface area contributed by atoms with E-state index >= 15 is 0 Å². The van der Waals surface area contributed by atoms with Crippen LogP contribution in [0.3, 0.4) is 0 Å². The third-order valence-electron chi connectivity index (χ3n) is 9.99. The van der Waals surface area contributed by atoms with Crippen LogP contribution in [0.1, 0.15) is 59.0 Å². The summed E-state index contributed by atoms with van der Waals surface area (Å²) in [4.78, 5) is 35.3. The molecule has 8 aromatic rings. The largest absolute Gasteiger partial charge is 0.504 e. The highest BCUT2D eigenvalue weighted by Crippen LogP contribution is 2.32. The average molecular weight is 1220 g/mol. The molecule has 1 aromatic heterocycles. The number of ether oxygens (including phenoxy) is 2. The molecule has 0 unspecified atom stereocenters. The smallest absolute Gasteiger partial charge is 0.272 e. The lowest BCUT2D eigenvalue weighted by atomic mass is 10.2. The van der Waals surface area contributed by atoms with Crippen molar-refractivity contribution in [2.24, 2.45) is 31.2 Å². The summed E-state index contributed by atoms with van der Waals surface area (Å²) in [5.41, 5.74) is 21.4. The summed E-state index contributed by atoms with van der Waals surface area (Å²) in [6.45, 7) is 0.201. The van der Waals surface area contributed by atoms with Crippen molar-refractivity contribution in [2.75, 3.05) is 12.5 Å². The Balaban J connectivity index is 0.000000172. The molecular formula is C53H43ClFIN12O12. The van der Waals surface area contributed by atoms with Crippen molar-refractivity contribution in [3.8, 4) is 46.0 Å². The number of rotatable bonds is 12. The second kappa shape index (κ2) is 29.1. The Morgan fingerprint density at radius 3 is 1.80 bits per heavy atom. The van der Waals surface area contributed by atoms with Gasteiger partial charge in [0.1, 0.15) is 5.82 Å². The van der Waals surface area contributed by atoms with Crippen molar-refractivity contribution >= 4 is 88.4 Å². The van der Waals surface area contributed by atoms with E-state index in [1.54, 1.807) is 66.7 Å². The molecule has 0 atom stereocenters. The van der Waals surface area contributed by atoms with Gasteiger partial charge in [0.05, 0.1) is 30.4 Å². The summed E-state index contributed by atoms with van der Waals surface area (Å²) in [6, 6.07) is 37.1. The number of anilines is 1. The number of halogens is 3. The van der Waals surface area contributed by atoms with E-state index in [9.17, 15) is 39.2 Å². The number of carbonyl (C=O) groups excluding carboxylic acids is 3. The fourth-order valence-corrected chi connectivity index (χ4v) is 6.87. The van der Waals surface area contributed by atoms with Gasteiger partial charge in [-0.05, 0) is 165 Å². The Labute approximate surface area is 470 Å². The number of nitrogen functional groups attached to an aromatic ring is 1. The van der Waals surface area contributed by atoms with Crippen molar-refractivity contribution in [1.82, 2.24) is 26.6 Å². The summed E-state index contributed by atoms with van der Waals surface area (Å²) in [5.74, 6) is -1.89. The lowest BCUT2D eigenvalue weighted by molar-refractivity contribution is 0.0946. The first-order valence-corrected chi connectivity index (χ1v) is 24.1. The van der Waals surface area contributed by atoms with Gasteiger partial charge in [0.15, 0.2) is 63.3 Å². The van der Waals surface area contributed by atoms with Crippen LogP contribution in [0.25, 0.3) is 0 Å². The molecule has 0 bridgehead atoms. The molecule has 1 aliphatic heterocycles. The molecular weight excluding hydrogens is 1180 g/mol. The third kappa shape index (κ3) is 17.7. The molecule has 0 spiro atoms. The van der Waals surface area contributed by atoms with E-state index in [0.29, 0.717) is 44.3 Å². The van der Waals surface area contributed by atoms with Crippen LogP contribution < -0.4 is 37.2 Å². The van der Waals surface area contributed by atoms with E-state index in [1.165, 1.54) is 85.5 Å². The first-order valence-electron chi connectivity index (χ1n) is 22.6. The third-order valence-corrected chi connectivity index (χ3v) is 11.2. The molecule has 1 aliphatic rings. The molecule has 408 valence electrons. The first-order chi connectivity index (χ1) is 38.4. The van der Waals surface area contributed by atoms with E-state index in [2.05, 4.69) is 79.3 Å². The fourth-order valence-electron chi connectivity index (χ4n) is 6.05. The molecule has 0 saturated heterocycles. The number of amides is 3. The minimum Gasteiger partial charge on any atom is -0.504 e. The van der Waals surface area contributed by atoms with Gasteiger partial charge in [0.25, 0.3) is 17.7 Å². The number of carbonyl (C=O) groups is 3. The number of hydrogen-bond acceptors (Lipinski definition) is 20. The zero-order valence-corrected chi connectivity index (χ0v) is 43.8. The summed E-state index contributed by atoms with van der Waals surface area (Å²) in [5, 5.41) is 81.7. The van der Waals surface area contributed by atoms with Crippen molar-refractivity contribution in [1.29, 1.82) is 0 Å². The standard InChI is InChI=1S/C15H11FN2O3.C14H11ClN2O3.C14H11IN2O3.C10H10N6O3/c16-12-3-1-2-11(7-12)15(19)18-17-8-10-4-5-13-14(6-10)21-9-20-13;15-11-3-1-2-10(7-11)14(20)17-16-8-9-4-5-12(18)13(19)6-9;15-11-6-2-1-5-10(11)14(20)17-16-8-9-4-3-7-12(18)13(9)19;11-9(8-10(12)16-19-15-8)14-13-4-5-1-2-6(17)7(18)3-5/h1-8H,9H2,(H,18,19);2*1-8,18-19H,(H,17,20);1-4,17-18H,(H2,11,14)(H2,12,16)/b17-8+;2*16-8+;13-4+. The molecule has 24 nitrogen and oxygen atoms in total. The van der Waals surface area contributed by atoms with E-state index < -0.39 is 17.6 Å². The Morgan fingerprint density at radius 1 is 0.600 bits per heavy atom. The lowest BCUT2D eigenvalue weighted by Gasteiger charge is -2.03. The monoisotopic (exact) mass is 1220 g/mol. The normalized spacial score (nSPS) is 11.5. The van der Waals surface area contributed by atoms with Crippen LogP contribution in [0.15, 0.2) is 176 Å². The summed E-state index contributed by atoms with van der Waals surface area (Å²) in [7, 11) is 0. The number of amidine groups is 1. The molecule has 27 heteroatoms. The number of hydrazone groups is 3. The van der Waals surface area contributed by atoms with Gasteiger partial charge in [0.2, 0.25) is 6.79 Å². The number of para-hydroxylation sites is 1. The molecule has 80 heavy (non-hydrogen) atoms. The van der Waals surface area contributed by atoms with Gasteiger partial charge in [-0.25, -0.2) is 25.3 Å². The van der Waals surface area contributed by atoms with Gasteiger partial charge in [-0.15, -0.1) is 5.10 Å². The Kier molecular flexibility index (Phi) is 21.3. The number of nitrogens with two attached hydrogens (primary N) is 2. The van der Waals surface area contributed by atoms with Gasteiger partial charge >= 0.3 is 0 Å². The van der Waals surface area contributed by atoms with Crippen molar-refractivity contribution in [3.63, 3.8) is 0 Å². The number of aromatic nitrogens is 2. The Hall–Kier alpha value is -10.6. The number of benzene rings is 7. The molecule has 0 radical (unpaired) electrons. The molecule has 2 heterocycles. The van der Waals surface area contributed by atoms with Crippen molar-refractivity contribution < 1.29 is 63.5 Å². The van der Waals surface area contributed by atoms with Crippen molar-refractivity contribution in [2.45, 2.75) is 0 Å². The molecule has 9 rings (SSSR count). The van der Waals surface area contributed by atoms with Crippen LogP contribution in [0.5, 0.6) is 46.0 Å². The van der Waals surface area contributed by atoms with E-state index in [-0.39, 0.29) is 70.1 Å². The summed E-state index contributed by atoms with van der Waals surface area (Å²) < 4.78 is 28.6. The van der Waals surface area contributed by atoms with Gasteiger partial charge < -0.3 is 51.6 Å². The molecule has 7 aromatic carbocycles. The predicted molar refractivity (Wildman–Crippen MR) is 301 cm³/mol. The molecule has 0 saturated carbocycles. The number of phenols is 6. The van der Waals surface area contributed by atoms with Gasteiger partial charge in [-0.2, -0.15) is 20.4 Å².